The molecule has 0 spiro atoms. The Labute approximate surface area is 182 Å². The van der Waals surface area contributed by atoms with Gasteiger partial charge in [-0.3, -0.25) is 9.36 Å². The van der Waals surface area contributed by atoms with E-state index in [1.165, 1.54) is 6.33 Å². The Balaban J connectivity index is 1.88. The van der Waals surface area contributed by atoms with Gasteiger partial charge in [0, 0.05) is 0 Å². The third kappa shape index (κ3) is 3.05. The SMILES string of the molecule is Cc1ccccc1-n1c(C(S)c2nc(O)nc3[nH]cnc23)nc2cccc(C)c2c1=O. The van der Waals surface area contributed by atoms with Gasteiger partial charge in [-0.1, -0.05) is 30.3 Å². The van der Waals surface area contributed by atoms with Crippen LogP contribution in [0.5, 0.6) is 6.01 Å². The van der Waals surface area contributed by atoms with E-state index in [1.54, 1.807) is 10.6 Å². The molecule has 0 radical (unpaired) electrons. The second kappa shape index (κ2) is 7.21. The predicted octanol–water partition coefficient (Wildman–Crippen LogP) is 3.39. The fourth-order valence-electron chi connectivity index (χ4n) is 3.80. The van der Waals surface area contributed by atoms with Crippen molar-refractivity contribution in [2.24, 2.45) is 0 Å². The van der Waals surface area contributed by atoms with Gasteiger partial charge in [0.25, 0.3) is 5.56 Å². The largest absolute Gasteiger partial charge is 0.479 e. The zero-order valence-electron chi connectivity index (χ0n) is 16.7. The smallest absolute Gasteiger partial charge is 0.316 e. The number of para-hydroxylation sites is 1. The Morgan fingerprint density at radius 3 is 2.61 bits per heavy atom. The van der Waals surface area contributed by atoms with E-state index >= 15 is 0 Å². The van der Waals surface area contributed by atoms with Gasteiger partial charge in [-0.25, -0.2) is 9.97 Å². The lowest BCUT2D eigenvalue weighted by molar-refractivity contribution is 0.430. The van der Waals surface area contributed by atoms with Crippen LogP contribution in [0, 0.1) is 13.8 Å². The summed E-state index contributed by atoms with van der Waals surface area (Å²) in [6.45, 7) is 3.82. The third-order valence-corrected chi connectivity index (χ3v) is 5.76. The molecule has 5 rings (SSSR count). The lowest BCUT2D eigenvalue weighted by atomic mass is 10.1. The first-order valence-corrected chi connectivity index (χ1v) is 10.1. The van der Waals surface area contributed by atoms with Crippen LogP contribution in [0.4, 0.5) is 0 Å². The highest BCUT2D eigenvalue weighted by molar-refractivity contribution is 7.80. The van der Waals surface area contributed by atoms with E-state index in [1.807, 2.05) is 50.2 Å². The van der Waals surface area contributed by atoms with Gasteiger partial charge in [0.1, 0.15) is 16.6 Å². The normalized spacial score (nSPS) is 12.5. The van der Waals surface area contributed by atoms with Gasteiger partial charge in [-0.05, 0) is 37.1 Å². The summed E-state index contributed by atoms with van der Waals surface area (Å²) in [6.07, 6.45) is 1.47. The second-order valence-electron chi connectivity index (χ2n) is 7.28. The van der Waals surface area contributed by atoms with Crippen LogP contribution < -0.4 is 5.56 Å². The molecular weight excluding hydrogens is 412 g/mol. The number of aromatic amines is 1. The molecule has 5 aromatic rings. The molecule has 0 saturated heterocycles. The summed E-state index contributed by atoms with van der Waals surface area (Å²) < 4.78 is 1.57. The summed E-state index contributed by atoms with van der Waals surface area (Å²) >= 11 is 4.78. The lowest BCUT2D eigenvalue weighted by Gasteiger charge is -2.19. The maximum absolute atomic E-state index is 13.7. The van der Waals surface area contributed by atoms with Crippen molar-refractivity contribution in [3.8, 4) is 11.7 Å². The van der Waals surface area contributed by atoms with Gasteiger partial charge >= 0.3 is 6.01 Å². The van der Waals surface area contributed by atoms with Gasteiger partial charge in [0.15, 0.2) is 5.65 Å². The molecule has 3 heterocycles. The monoisotopic (exact) mass is 430 g/mol. The molecule has 0 aliphatic heterocycles. The molecule has 9 heteroatoms. The number of thiol groups is 1. The molecule has 1 atom stereocenters. The van der Waals surface area contributed by atoms with Crippen molar-refractivity contribution in [3.05, 3.63) is 81.8 Å². The summed E-state index contributed by atoms with van der Waals surface area (Å²) in [4.78, 5) is 33.8. The summed E-state index contributed by atoms with van der Waals surface area (Å²) in [6, 6.07) is 12.7. The van der Waals surface area contributed by atoms with Crippen molar-refractivity contribution in [1.82, 2.24) is 29.5 Å². The number of hydrogen-bond acceptors (Lipinski definition) is 7. The fraction of sp³-hybridized carbons (Fsp3) is 0.136. The predicted molar refractivity (Wildman–Crippen MR) is 121 cm³/mol. The van der Waals surface area contributed by atoms with E-state index in [9.17, 15) is 9.90 Å². The summed E-state index contributed by atoms with van der Waals surface area (Å²) in [7, 11) is 0. The number of rotatable bonds is 3. The van der Waals surface area contributed by atoms with E-state index < -0.39 is 11.3 Å². The number of aromatic nitrogens is 6. The Morgan fingerprint density at radius 2 is 1.81 bits per heavy atom. The van der Waals surface area contributed by atoms with Gasteiger partial charge in [-0.15, -0.1) is 0 Å². The number of aryl methyl sites for hydroxylation is 2. The molecule has 154 valence electrons. The second-order valence-corrected chi connectivity index (χ2v) is 7.79. The maximum atomic E-state index is 13.7. The average molecular weight is 430 g/mol. The first-order chi connectivity index (χ1) is 15.0. The van der Waals surface area contributed by atoms with Crippen LogP contribution in [0.2, 0.25) is 0 Å². The van der Waals surface area contributed by atoms with Crippen LogP contribution in [0.3, 0.4) is 0 Å². The number of nitrogens with one attached hydrogen (secondary N) is 1. The van der Waals surface area contributed by atoms with E-state index in [0.717, 1.165) is 11.1 Å². The number of aromatic hydroxyl groups is 1. The minimum absolute atomic E-state index is 0.192. The van der Waals surface area contributed by atoms with E-state index in [0.29, 0.717) is 39.3 Å². The van der Waals surface area contributed by atoms with Crippen molar-refractivity contribution in [1.29, 1.82) is 0 Å². The highest BCUT2D eigenvalue weighted by Crippen LogP contribution is 2.32. The number of fused-ring (bicyclic) bond motifs is 2. The van der Waals surface area contributed by atoms with Crippen LogP contribution >= 0.6 is 12.6 Å². The van der Waals surface area contributed by atoms with Crippen molar-refractivity contribution < 1.29 is 5.11 Å². The van der Waals surface area contributed by atoms with Crippen molar-refractivity contribution in [2.75, 3.05) is 0 Å². The summed E-state index contributed by atoms with van der Waals surface area (Å²) in [5, 5.41) is 9.82. The molecule has 2 aromatic carbocycles. The molecule has 8 nitrogen and oxygen atoms in total. The maximum Gasteiger partial charge on any atom is 0.316 e. The minimum atomic E-state index is -0.753. The van der Waals surface area contributed by atoms with Crippen LogP contribution in [0.15, 0.2) is 53.6 Å². The van der Waals surface area contributed by atoms with Crippen molar-refractivity contribution in [2.45, 2.75) is 19.1 Å². The Bertz CT molecular complexity index is 1520. The average Bonchev–Trinajstić information content (AvgIpc) is 3.21. The molecule has 0 aliphatic carbocycles. The third-order valence-electron chi connectivity index (χ3n) is 5.29. The molecule has 0 saturated carbocycles. The van der Waals surface area contributed by atoms with Crippen molar-refractivity contribution >= 4 is 34.7 Å². The topological polar surface area (TPSA) is 110 Å². The molecule has 1 unspecified atom stereocenters. The summed E-state index contributed by atoms with van der Waals surface area (Å²) in [5.74, 6) is 0.378. The van der Waals surface area contributed by atoms with Gasteiger partial charge in [-0.2, -0.15) is 22.6 Å². The molecular formula is C22H18N6O2S. The molecule has 0 fully saturated rings. The van der Waals surface area contributed by atoms with Crippen LogP contribution in [0.1, 0.15) is 27.9 Å². The van der Waals surface area contributed by atoms with Crippen LogP contribution in [0.25, 0.3) is 27.8 Å². The first-order valence-electron chi connectivity index (χ1n) is 9.62. The molecule has 0 aliphatic rings. The first kappa shape index (κ1) is 19.3. The Morgan fingerprint density at radius 1 is 1.03 bits per heavy atom. The molecule has 2 N–H and O–H groups in total. The number of nitrogens with zero attached hydrogens (tertiary/aromatic N) is 5. The number of imidazole rings is 1. The van der Waals surface area contributed by atoms with Crippen molar-refractivity contribution in [3.63, 3.8) is 0 Å². The zero-order valence-corrected chi connectivity index (χ0v) is 17.6. The minimum Gasteiger partial charge on any atom is -0.479 e. The van der Waals surface area contributed by atoms with Gasteiger partial charge in [0.05, 0.1) is 28.6 Å². The molecule has 31 heavy (non-hydrogen) atoms. The number of H-pyrrole nitrogens is 1. The van der Waals surface area contributed by atoms with Crippen LogP contribution in [-0.4, -0.2) is 34.6 Å². The molecule has 3 aromatic heterocycles. The Hall–Kier alpha value is -3.72. The highest BCUT2D eigenvalue weighted by atomic mass is 32.1. The quantitative estimate of drug-likeness (QED) is 0.379. The fourth-order valence-corrected chi connectivity index (χ4v) is 4.16. The van der Waals surface area contributed by atoms with E-state index in [2.05, 4.69) is 19.9 Å². The standard InChI is InChI=1S/C22H18N6O2S/c1-11-6-3-4-9-14(11)28-20(25-13-8-5-7-12(2)15(13)21(28)29)18(31)16-17-19(24-10-23-17)27-22(30)26-16/h3-10,18,31H,1-2H3,(H2,23,24,26,27,30). The molecule has 0 amide bonds. The number of benzene rings is 2. The highest BCUT2D eigenvalue weighted by Gasteiger charge is 2.25. The zero-order chi connectivity index (χ0) is 21.7. The van der Waals surface area contributed by atoms with E-state index in [-0.39, 0.29) is 5.56 Å². The van der Waals surface area contributed by atoms with Crippen LogP contribution in [-0.2, 0) is 0 Å². The lowest BCUT2D eigenvalue weighted by Crippen LogP contribution is -2.26. The molecule has 0 bridgehead atoms. The number of hydrogen-bond donors (Lipinski definition) is 3. The summed E-state index contributed by atoms with van der Waals surface area (Å²) in [5.41, 5.74) is 4.02. The van der Waals surface area contributed by atoms with Gasteiger partial charge < -0.3 is 10.1 Å². The van der Waals surface area contributed by atoms with Gasteiger partial charge in [0.2, 0.25) is 0 Å². The Kier molecular flexibility index (Phi) is 4.48. The van der Waals surface area contributed by atoms with E-state index in [4.69, 9.17) is 17.6 Å².